The van der Waals surface area contributed by atoms with Crippen molar-refractivity contribution >= 4 is 17.3 Å². The van der Waals surface area contributed by atoms with Crippen LogP contribution in [0.1, 0.15) is 23.7 Å². The summed E-state index contributed by atoms with van der Waals surface area (Å²) in [6.45, 7) is 6.59. The van der Waals surface area contributed by atoms with E-state index in [1.165, 1.54) is 12.1 Å². The fourth-order valence-corrected chi connectivity index (χ4v) is 4.99. The number of nitrogens with zero attached hydrogens (tertiary/aromatic N) is 9. The Hall–Kier alpha value is -4.38. The van der Waals surface area contributed by atoms with E-state index in [2.05, 4.69) is 41.0 Å². The quantitative estimate of drug-likeness (QED) is 0.383. The minimum atomic E-state index is -1.33. The standard InChI is InChI=1S/C27H28FN9O/c1-18-23(16-34(3)33-18)19-12-24-25(31-17-32-37(24)15-19)35-8-10-36(11-9-35)26-29-13-21(14-30-26)27(2,38)20-4-6-22(28)7-5-20/h4-7,12-17,38H,8-11H2,1-3H3. The first-order valence-electron chi connectivity index (χ1n) is 12.4. The third-order valence-corrected chi connectivity index (χ3v) is 7.18. The zero-order valence-electron chi connectivity index (χ0n) is 21.5. The van der Waals surface area contributed by atoms with Crippen molar-refractivity contribution in [3.63, 3.8) is 0 Å². The number of hydrogen-bond donors (Lipinski definition) is 1. The summed E-state index contributed by atoms with van der Waals surface area (Å²) in [6, 6.07) is 7.91. The third kappa shape index (κ3) is 4.24. The van der Waals surface area contributed by atoms with E-state index in [1.54, 1.807) is 37.8 Å². The molecule has 1 unspecified atom stereocenters. The summed E-state index contributed by atoms with van der Waals surface area (Å²) in [5.41, 5.74) is 3.84. The van der Waals surface area contributed by atoms with Crippen LogP contribution in [0.3, 0.4) is 0 Å². The molecule has 0 aliphatic carbocycles. The Bertz CT molecular complexity index is 1580. The Balaban J connectivity index is 1.17. The molecule has 38 heavy (non-hydrogen) atoms. The van der Waals surface area contributed by atoms with Crippen molar-refractivity contribution in [3.8, 4) is 11.1 Å². The predicted octanol–water partition coefficient (Wildman–Crippen LogP) is 2.95. The number of rotatable bonds is 5. The lowest BCUT2D eigenvalue weighted by atomic mass is 9.90. The van der Waals surface area contributed by atoms with Crippen LogP contribution in [0.15, 0.2) is 61.4 Å². The van der Waals surface area contributed by atoms with Gasteiger partial charge in [0.15, 0.2) is 5.82 Å². The molecule has 1 N–H and O–H groups in total. The van der Waals surface area contributed by atoms with Gasteiger partial charge in [-0.15, -0.1) is 0 Å². The Morgan fingerprint density at radius 3 is 2.26 bits per heavy atom. The van der Waals surface area contributed by atoms with Gasteiger partial charge < -0.3 is 14.9 Å². The molecule has 0 amide bonds. The molecular weight excluding hydrogens is 485 g/mol. The Kier molecular flexibility index (Phi) is 5.79. The molecule has 0 saturated carbocycles. The second-order valence-electron chi connectivity index (χ2n) is 9.77. The maximum absolute atomic E-state index is 13.3. The monoisotopic (exact) mass is 513 g/mol. The average molecular weight is 514 g/mol. The molecule has 0 radical (unpaired) electrons. The van der Waals surface area contributed by atoms with Crippen LogP contribution in [0.5, 0.6) is 0 Å². The summed E-state index contributed by atoms with van der Waals surface area (Å²) in [6.07, 6.45) is 8.88. The van der Waals surface area contributed by atoms with E-state index < -0.39 is 5.60 Å². The first-order valence-corrected chi connectivity index (χ1v) is 12.4. The minimum absolute atomic E-state index is 0.348. The van der Waals surface area contributed by atoms with Gasteiger partial charge in [0, 0.05) is 74.7 Å². The molecule has 1 saturated heterocycles. The van der Waals surface area contributed by atoms with Crippen molar-refractivity contribution in [1.29, 1.82) is 0 Å². The molecule has 1 aromatic carbocycles. The van der Waals surface area contributed by atoms with E-state index in [1.807, 2.05) is 35.6 Å². The number of aryl methyl sites for hydroxylation is 2. The van der Waals surface area contributed by atoms with Gasteiger partial charge in [0.05, 0.1) is 5.69 Å². The van der Waals surface area contributed by atoms with Gasteiger partial charge in [-0.1, -0.05) is 12.1 Å². The highest BCUT2D eigenvalue weighted by Crippen LogP contribution is 2.30. The van der Waals surface area contributed by atoms with Crippen molar-refractivity contribution < 1.29 is 9.50 Å². The number of aromatic nitrogens is 7. The molecule has 5 heterocycles. The van der Waals surface area contributed by atoms with Crippen LogP contribution in [0, 0.1) is 12.7 Å². The van der Waals surface area contributed by atoms with Gasteiger partial charge in [0.1, 0.15) is 23.3 Å². The second kappa shape index (κ2) is 9.18. The van der Waals surface area contributed by atoms with Crippen LogP contribution in [0.4, 0.5) is 16.2 Å². The maximum Gasteiger partial charge on any atom is 0.225 e. The van der Waals surface area contributed by atoms with Crippen LogP contribution in [-0.4, -0.2) is 65.6 Å². The molecule has 0 bridgehead atoms. The van der Waals surface area contributed by atoms with Crippen LogP contribution in [-0.2, 0) is 12.6 Å². The highest BCUT2D eigenvalue weighted by atomic mass is 19.1. The van der Waals surface area contributed by atoms with Gasteiger partial charge in [-0.3, -0.25) is 4.68 Å². The summed E-state index contributed by atoms with van der Waals surface area (Å²) in [5, 5.41) is 19.9. The molecule has 1 fully saturated rings. The van der Waals surface area contributed by atoms with Crippen molar-refractivity contribution in [2.45, 2.75) is 19.4 Å². The highest BCUT2D eigenvalue weighted by Gasteiger charge is 2.28. The lowest BCUT2D eigenvalue weighted by Gasteiger charge is -2.35. The molecule has 4 aromatic heterocycles. The predicted molar refractivity (Wildman–Crippen MR) is 141 cm³/mol. The molecule has 11 heteroatoms. The Labute approximate surface area is 219 Å². The summed E-state index contributed by atoms with van der Waals surface area (Å²) in [5.74, 6) is 1.14. The van der Waals surface area contributed by atoms with E-state index in [4.69, 9.17) is 0 Å². The van der Waals surface area contributed by atoms with Crippen molar-refractivity contribution in [3.05, 3.63) is 84.1 Å². The average Bonchev–Trinajstić information content (AvgIpc) is 3.51. The van der Waals surface area contributed by atoms with Gasteiger partial charge >= 0.3 is 0 Å². The van der Waals surface area contributed by atoms with Gasteiger partial charge in [0.25, 0.3) is 0 Å². The summed E-state index contributed by atoms with van der Waals surface area (Å²) < 4.78 is 17.0. The minimum Gasteiger partial charge on any atom is -0.381 e. The fraction of sp³-hybridized carbons (Fsp3) is 0.296. The zero-order valence-corrected chi connectivity index (χ0v) is 21.5. The SMILES string of the molecule is Cc1nn(C)cc1-c1cc2c(N3CCN(c4ncc(C(C)(O)c5ccc(F)cc5)cn4)CC3)ncnn2c1. The molecule has 0 spiro atoms. The first-order chi connectivity index (χ1) is 18.3. The molecular formula is C27H28FN9O. The molecule has 6 rings (SSSR count). The normalized spacial score (nSPS) is 15.7. The van der Waals surface area contributed by atoms with Crippen LogP contribution >= 0.6 is 0 Å². The Morgan fingerprint density at radius 2 is 1.61 bits per heavy atom. The summed E-state index contributed by atoms with van der Waals surface area (Å²) >= 11 is 0. The molecule has 10 nitrogen and oxygen atoms in total. The zero-order chi connectivity index (χ0) is 26.4. The van der Waals surface area contributed by atoms with Crippen LogP contribution < -0.4 is 9.80 Å². The lowest BCUT2D eigenvalue weighted by Crippen LogP contribution is -2.47. The van der Waals surface area contributed by atoms with Gasteiger partial charge in [0.2, 0.25) is 5.95 Å². The molecule has 1 aliphatic rings. The van der Waals surface area contributed by atoms with E-state index >= 15 is 0 Å². The number of fused-ring (bicyclic) bond motifs is 1. The van der Waals surface area contributed by atoms with Crippen LogP contribution in [0.25, 0.3) is 16.6 Å². The molecule has 5 aromatic rings. The van der Waals surface area contributed by atoms with E-state index in [0.717, 1.165) is 54.3 Å². The first kappa shape index (κ1) is 24.0. The highest BCUT2D eigenvalue weighted by molar-refractivity contribution is 5.78. The number of hydrogen-bond acceptors (Lipinski definition) is 8. The molecule has 1 atom stereocenters. The summed E-state index contributed by atoms with van der Waals surface area (Å²) in [4.78, 5) is 18.0. The van der Waals surface area contributed by atoms with Gasteiger partial charge in [-0.05, 0) is 37.6 Å². The number of benzene rings is 1. The van der Waals surface area contributed by atoms with Crippen LogP contribution in [0.2, 0.25) is 0 Å². The second-order valence-corrected chi connectivity index (χ2v) is 9.77. The molecule has 1 aliphatic heterocycles. The van der Waals surface area contributed by atoms with Crippen molar-refractivity contribution in [2.24, 2.45) is 7.05 Å². The summed E-state index contributed by atoms with van der Waals surface area (Å²) in [7, 11) is 1.92. The largest absolute Gasteiger partial charge is 0.381 e. The van der Waals surface area contributed by atoms with Crippen molar-refractivity contribution in [2.75, 3.05) is 36.0 Å². The van der Waals surface area contributed by atoms with E-state index in [-0.39, 0.29) is 5.82 Å². The van der Waals surface area contributed by atoms with Gasteiger partial charge in [-0.2, -0.15) is 10.2 Å². The topological polar surface area (TPSA) is 100 Å². The smallest absolute Gasteiger partial charge is 0.225 e. The lowest BCUT2D eigenvalue weighted by molar-refractivity contribution is 0.101. The molecule has 194 valence electrons. The van der Waals surface area contributed by atoms with E-state index in [0.29, 0.717) is 17.1 Å². The number of aliphatic hydroxyl groups is 1. The number of piperazine rings is 1. The fourth-order valence-electron chi connectivity index (χ4n) is 4.99. The Morgan fingerprint density at radius 1 is 0.921 bits per heavy atom. The third-order valence-electron chi connectivity index (χ3n) is 7.18. The van der Waals surface area contributed by atoms with E-state index in [9.17, 15) is 9.50 Å². The number of anilines is 2. The number of halogens is 1. The van der Waals surface area contributed by atoms with Gasteiger partial charge in [-0.25, -0.2) is 23.9 Å². The maximum atomic E-state index is 13.3. The van der Waals surface area contributed by atoms with Crippen molar-refractivity contribution in [1.82, 2.24) is 34.3 Å².